The number of carbonyl (C=O) groups is 1. The largest absolute Gasteiger partial charge is 0.302 e. The molecule has 0 spiro atoms. The summed E-state index contributed by atoms with van der Waals surface area (Å²) >= 11 is 10.3. The van der Waals surface area contributed by atoms with Gasteiger partial charge in [0.15, 0.2) is 5.13 Å². The lowest BCUT2D eigenvalue weighted by atomic mass is 9.97. The number of nitrogens with zero attached hydrogens (tertiary/aromatic N) is 2. The van der Waals surface area contributed by atoms with E-state index in [1.54, 1.807) is 23.9 Å². The fourth-order valence-corrected chi connectivity index (χ4v) is 7.03. The summed E-state index contributed by atoms with van der Waals surface area (Å²) in [6.07, 6.45) is 2.91. The molecule has 0 saturated carbocycles. The first-order valence-electron chi connectivity index (χ1n) is 9.53. The Labute approximate surface area is 198 Å². The van der Waals surface area contributed by atoms with E-state index in [2.05, 4.69) is 10.3 Å². The summed E-state index contributed by atoms with van der Waals surface area (Å²) in [7, 11) is -3.55. The molecule has 0 radical (unpaired) electrons. The zero-order valence-electron chi connectivity index (χ0n) is 16.6. The monoisotopic (exact) mass is 513 g/mol. The molecule has 1 N–H and O–H groups in total. The molecule has 1 fully saturated rings. The number of thiazole rings is 1. The van der Waals surface area contributed by atoms with Gasteiger partial charge in [0.1, 0.15) is 0 Å². The summed E-state index contributed by atoms with van der Waals surface area (Å²) in [4.78, 5) is 19.4. The van der Waals surface area contributed by atoms with Crippen molar-refractivity contribution in [3.05, 3.63) is 46.1 Å². The van der Waals surface area contributed by atoms with Crippen LogP contribution in [-0.4, -0.2) is 43.0 Å². The molecular formula is C20H20ClN3O3S4. The number of aromatic nitrogens is 1. The maximum atomic E-state index is 12.9. The Bertz CT molecular complexity index is 1170. The number of hydrogen-bond donors (Lipinski definition) is 1. The van der Waals surface area contributed by atoms with Crippen LogP contribution in [-0.2, 0) is 14.8 Å². The molecule has 0 unspecified atom stereocenters. The Morgan fingerprint density at radius 3 is 2.52 bits per heavy atom. The smallest absolute Gasteiger partial charge is 0.243 e. The van der Waals surface area contributed by atoms with Crippen LogP contribution in [0, 0.1) is 5.92 Å². The van der Waals surface area contributed by atoms with Crippen molar-refractivity contribution in [3.63, 3.8) is 0 Å². The number of piperidine rings is 1. The molecule has 0 aliphatic carbocycles. The third-order valence-electron chi connectivity index (χ3n) is 5.08. The minimum Gasteiger partial charge on any atom is -0.302 e. The van der Waals surface area contributed by atoms with Crippen LogP contribution in [0.2, 0.25) is 4.34 Å². The van der Waals surface area contributed by atoms with Gasteiger partial charge in [-0.15, -0.1) is 34.4 Å². The molecule has 3 aromatic rings. The first kappa shape index (κ1) is 22.8. The molecule has 1 saturated heterocycles. The summed E-state index contributed by atoms with van der Waals surface area (Å²) in [5.74, 6) is -0.361. The van der Waals surface area contributed by atoms with Crippen LogP contribution in [0.1, 0.15) is 12.8 Å². The molecule has 164 valence electrons. The SMILES string of the molecule is CSc1ccc(S(=O)(=O)N2CCC(C(=O)Nc3nc(-c4ccc(Cl)s4)cs3)CC2)cc1. The molecule has 1 aliphatic heterocycles. The normalized spacial score (nSPS) is 15.8. The van der Waals surface area contributed by atoms with E-state index in [0.717, 1.165) is 15.5 Å². The molecule has 6 nitrogen and oxygen atoms in total. The number of halogens is 1. The molecule has 1 amide bonds. The summed E-state index contributed by atoms with van der Waals surface area (Å²) in [5.41, 5.74) is 0.783. The van der Waals surface area contributed by atoms with E-state index in [4.69, 9.17) is 11.6 Å². The van der Waals surface area contributed by atoms with Crippen LogP contribution in [0.3, 0.4) is 0 Å². The number of anilines is 1. The van der Waals surface area contributed by atoms with E-state index in [0.29, 0.717) is 35.4 Å². The van der Waals surface area contributed by atoms with Gasteiger partial charge >= 0.3 is 0 Å². The van der Waals surface area contributed by atoms with E-state index in [1.165, 1.54) is 27.0 Å². The van der Waals surface area contributed by atoms with E-state index in [9.17, 15) is 13.2 Å². The van der Waals surface area contributed by atoms with Gasteiger partial charge in [-0.1, -0.05) is 11.6 Å². The summed E-state index contributed by atoms with van der Waals surface area (Å²) in [6.45, 7) is 0.642. The van der Waals surface area contributed by atoms with Crippen LogP contribution < -0.4 is 5.32 Å². The number of carbonyl (C=O) groups excluding carboxylic acids is 1. The zero-order valence-corrected chi connectivity index (χ0v) is 20.6. The van der Waals surface area contributed by atoms with Crippen LogP contribution in [0.15, 0.2) is 51.6 Å². The minimum atomic E-state index is -3.55. The van der Waals surface area contributed by atoms with Crippen molar-refractivity contribution >= 4 is 67.1 Å². The Balaban J connectivity index is 1.35. The predicted octanol–water partition coefficient (Wildman–Crippen LogP) is 5.29. The van der Waals surface area contributed by atoms with Gasteiger partial charge < -0.3 is 5.32 Å². The maximum Gasteiger partial charge on any atom is 0.243 e. The second-order valence-corrected chi connectivity index (χ2v) is 12.4. The topological polar surface area (TPSA) is 79.4 Å². The van der Waals surface area contributed by atoms with Crippen molar-refractivity contribution in [1.82, 2.24) is 9.29 Å². The Morgan fingerprint density at radius 2 is 1.90 bits per heavy atom. The number of sulfonamides is 1. The standard InChI is InChI=1S/C20H20ClN3O3S4/c1-28-14-2-4-15(5-3-14)31(26,27)24-10-8-13(9-11-24)19(25)23-20-22-16(12-29-20)17-6-7-18(21)30-17/h2-7,12-13H,8-11H2,1H3,(H,22,23,25). The van der Waals surface area contributed by atoms with Crippen molar-refractivity contribution in [2.45, 2.75) is 22.6 Å². The quantitative estimate of drug-likeness (QED) is 0.453. The predicted molar refractivity (Wildman–Crippen MR) is 129 cm³/mol. The van der Waals surface area contributed by atoms with Crippen LogP contribution in [0.5, 0.6) is 0 Å². The molecule has 1 aromatic carbocycles. The van der Waals surface area contributed by atoms with Gasteiger partial charge in [0.25, 0.3) is 0 Å². The summed E-state index contributed by atoms with van der Waals surface area (Å²) in [6, 6.07) is 10.6. The highest BCUT2D eigenvalue weighted by molar-refractivity contribution is 7.98. The first-order chi connectivity index (χ1) is 14.9. The zero-order chi connectivity index (χ0) is 22.0. The third-order valence-corrected chi connectivity index (χ3v) is 9.75. The second kappa shape index (κ2) is 9.60. The lowest BCUT2D eigenvalue weighted by Crippen LogP contribution is -2.41. The highest BCUT2D eigenvalue weighted by Crippen LogP contribution is 2.33. The second-order valence-electron chi connectivity index (χ2n) is 6.98. The van der Waals surface area contributed by atoms with Gasteiger partial charge in [-0.05, 0) is 55.5 Å². The van der Waals surface area contributed by atoms with Gasteiger partial charge in [0.2, 0.25) is 15.9 Å². The molecule has 31 heavy (non-hydrogen) atoms. The Morgan fingerprint density at radius 1 is 1.19 bits per heavy atom. The maximum absolute atomic E-state index is 12.9. The Kier molecular flexibility index (Phi) is 7.04. The molecule has 0 atom stereocenters. The molecule has 3 heterocycles. The number of benzene rings is 1. The van der Waals surface area contributed by atoms with Crippen molar-refractivity contribution in [3.8, 4) is 10.6 Å². The van der Waals surface area contributed by atoms with Gasteiger partial charge in [0, 0.05) is 29.3 Å². The lowest BCUT2D eigenvalue weighted by Gasteiger charge is -2.30. The van der Waals surface area contributed by atoms with Crippen molar-refractivity contribution < 1.29 is 13.2 Å². The van der Waals surface area contributed by atoms with E-state index in [-0.39, 0.29) is 16.7 Å². The highest BCUT2D eigenvalue weighted by Gasteiger charge is 2.32. The number of thioether (sulfide) groups is 1. The minimum absolute atomic E-state index is 0.119. The number of hydrogen-bond acceptors (Lipinski definition) is 7. The molecule has 1 aliphatic rings. The van der Waals surface area contributed by atoms with E-state index < -0.39 is 10.0 Å². The van der Waals surface area contributed by atoms with Gasteiger partial charge in [-0.2, -0.15) is 4.31 Å². The van der Waals surface area contributed by atoms with Crippen LogP contribution in [0.4, 0.5) is 5.13 Å². The Hall–Kier alpha value is -1.43. The summed E-state index contributed by atoms with van der Waals surface area (Å²) in [5, 5.41) is 5.30. The molecule has 0 bridgehead atoms. The third kappa shape index (κ3) is 5.15. The number of thiophene rings is 1. The van der Waals surface area contributed by atoms with E-state index in [1.807, 2.05) is 35.9 Å². The average molecular weight is 514 g/mol. The fourth-order valence-electron chi connectivity index (χ4n) is 3.36. The highest BCUT2D eigenvalue weighted by atomic mass is 35.5. The molecule has 11 heteroatoms. The van der Waals surface area contributed by atoms with Crippen molar-refractivity contribution in [2.24, 2.45) is 5.92 Å². The lowest BCUT2D eigenvalue weighted by molar-refractivity contribution is -0.120. The average Bonchev–Trinajstić information content (AvgIpc) is 3.42. The van der Waals surface area contributed by atoms with Crippen LogP contribution in [0.25, 0.3) is 10.6 Å². The number of nitrogens with one attached hydrogen (secondary N) is 1. The van der Waals surface area contributed by atoms with Gasteiger partial charge in [-0.25, -0.2) is 13.4 Å². The molecular weight excluding hydrogens is 494 g/mol. The van der Waals surface area contributed by atoms with Crippen LogP contribution >= 0.6 is 46.0 Å². The number of amides is 1. The van der Waals surface area contributed by atoms with Gasteiger partial charge in [0.05, 0.1) is 19.8 Å². The number of rotatable bonds is 6. The molecule has 4 rings (SSSR count). The molecule has 2 aromatic heterocycles. The summed E-state index contributed by atoms with van der Waals surface area (Å²) < 4.78 is 27.9. The van der Waals surface area contributed by atoms with Gasteiger partial charge in [-0.3, -0.25) is 4.79 Å². The van der Waals surface area contributed by atoms with Crippen molar-refractivity contribution in [1.29, 1.82) is 0 Å². The van der Waals surface area contributed by atoms with E-state index >= 15 is 0 Å². The fraction of sp³-hybridized carbons (Fsp3) is 0.300. The first-order valence-corrected chi connectivity index (χ1v) is 14.3. The van der Waals surface area contributed by atoms with Crippen molar-refractivity contribution in [2.75, 3.05) is 24.7 Å².